The monoisotopic (exact) mass is 405 g/mol. The Labute approximate surface area is 171 Å². The molecule has 4 heterocycles. The van der Waals surface area contributed by atoms with Crippen molar-refractivity contribution in [1.82, 2.24) is 34.7 Å². The molecule has 4 aromatic rings. The summed E-state index contributed by atoms with van der Waals surface area (Å²) < 4.78 is 12.7. The van der Waals surface area contributed by atoms with Crippen molar-refractivity contribution >= 4 is 5.91 Å². The molecule has 152 valence electrons. The van der Waals surface area contributed by atoms with Gasteiger partial charge in [0.1, 0.15) is 6.33 Å². The zero-order chi connectivity index (χ0) is 20.8. The molecule has 0 aliphatic carbocycles. The molecule has 1 aliphatic heterocycles. The summed E-state index contributed by atoms with van der Waals surface area (Å²) in [5, 5.41) is 7.93. The Balaban J connectivity index is 1.71. The summed E-state index contributed by atoms with van der Waals surface area (Å²) in [6.07, 6.45) is 2.97. The highest BCUT2D eigenvalue weighted by molar-refractivity contribution is 6.04. The summed E-state index contributed by atoms with van der Waals surface area (Å²) >= 11 is 0. The molecule has 5 rings (SSSR count). The summed E-state index contributed by atoms with van der Waals surface area (Å²) in [5.41, 5.74) is 3.10. The molecule has 1 amide bonds. The van der Waals surface area contributed by atoms with Crippen LogP contribution in [0, 0.1) is 0 Å². The number of amides is 1. The predicted molar refractivity (Wildman–Crippen MR) is 105 cm³/mol. The summed E-state index contributed by atoms with van der Waals surface area (Å²) in [7, 11) is 1.74. The van der Waals surface area contributed by atoms with Crippen LogP contribution < -0.4 is 0 Å². The highest BCUT2D eigenvalue weighted by Crippen LogP contribution is 2.34. The lowest BCUT2D eigenvalue weighted by atomic mass is 10.0. The number of hydrogen-bond acceptors (Lipinski definition) is 8. The van der Waals surface area contributed by atoms with Crippen LogP contribution >= 0.6 is 0 Å². The molecule has 10 heteroatoms. The molecule has 0 saturated carbocycles. The summed E-state index contributed by atoms with van der Waals surface area (Å²) in [6, 6.07) is 5.53. The van der Waals surface area contributed by atoms with E-state index in [4.69, 9.17) is 9.05 Å². The molecule has 0 fully saturated rings. The van der Waals surface area contributed by atoms with E-state index in [-0.39, 0.29) is 5.91 Å². The van der Waals surface area contributed by atoms with Gasteiger partial charge >= 0.3 is 0 Å². The molecule has 0 spiro atoms. The third-order valence-corrected chi connectivity index (χ3v) is 5.12. The summed E-state index contributed by atoms with van der Waals surface area (Å²) in [5.74, 6) is 1.71. The Morgan fingerprint density at radius 3 is 2.43 bits per heavy atom. The van der Waals surface area contributed by atoms with Crippen molar-refractivity contribution < 1.29 is 13.8 Å². The first-order valence-electron chi connectivity index (χ1n) is 9.71. The standard InChI is InChI=1S/C20H19N7O3/c1-4-14-22-18(29-24-14)11-7-6-8-12-16(11)20(28)26(3)9-13-17(21-10-27(12)13)19-23-15(5-2)25-30-19/h6-8,10H,4-5,9H2,1-3H3. The van der Waals surface area contributed by atoms with Gasteiger partial charge in [-0.3, -0.25) is 9.36 Å². The summed E-state index contributed by atoms with van der Waals surface area (Å²) in [6.45, 7) is 4.23. The zero-order valence-corrected chi connectivity index (χ0v) is 16.8. The highest BCUT2D eigenvalue weighted by atomic mass is 16.5. The first-order valence-corrected chi connectivity index (χ1v) is 9.71. The van der Waals surface area contributed by atoms with Crippen LogP contribution in [0.3, 0.4) is 0 Å². The van der Waals surface area contributed by atoms with E-state index in [1.807, 2.05) is 36.6 Å². The Kier molecular flexibility index (Phi) is 4.19. The minimum Gasteiger partial charge on any atom is -0.336 e. The van der Waals surface area contributed by atoms with Gasteiger partial charge in [-0.05, 0) is 12.1 Å². The number of benzene rings is 1. The van der Waals surface area contributed by atoms with Gasteiger partial charge in [0.15, 0.2) is 17.3 Å². The van der Waals surface area contributed by atoms with Crippen LogP contribution in [-0.4, -0.2) is 47.7 Å². The highest BCUT2D eigenvalue weighted by Gasteiger charge is 2.31. The van der Waals surface area contributed by atoms with E-state index in [1.165, 1.54) is 0 Å². The molecule has 30 heavy (non-hydrogen) atoms. The van der Waals surface area contributed by atoms with Crippen molar-refractivity contribution in [3.63, 3.8) is 0 Å². The molecule has 0 bridgehead atoms. The minimum atomic E-state index is -0.147. The van der Waals surface area contributed by atoms with Gasteiger partial charge in [0.2, 0.25) is 0 Å². The molecular weight excluding hydrogens is 386 g/mol. The first kappa shape index (κ1) is 18.2. The molecule has 1 aromatic carbocycles. The fourth-order valence-electron chi connectivity index (χ4n) is 3.54. The molecule has 10 nitrogen and oxygen atoms in total. The van der Waals surface area contributed by atoms with Gasteiger partial charge in [-0.2, -0.15) is 9.97 Å². The second kappa shape index (κ2) is 6.90. The van der Waals surface area contributed by atoms with Crippen molar-refractivity contribution in [2.45, 2.75) is 33.2 Å². The second-order valence-corrected chi connectivity index (χ2v) is 7.01. The fourth-order valence-corrected chi connectivity index (χ4v) is 3.54. The van der Waals surface area contributed by atoms with Gasteiger partial charge in [0.05, 0.1) is 29.1 Å². The smallest absolute Gasteiger partial charge is 0.278 e. The maximum atomic E-state index is 13.3. The van der Waals surface area contributed by atoms with Crippen LogP contribution in [-0.2, 0) is 19.4 Å². The number of aromatic nitrogens is 6. The number of nitrogens with zero attached hydrogens (tertiary/aromatic N) is 7. The van der Waals surface area contributed by atoms with E-state index in [9.17, 15) is 4.79 Å². The second-order valence-electron chi connectivity index (χ2n) is 7.01. The predicted octanol–water partition coefficient (Wildman–Crippen LogP) is 2.68. The van der Waals surface area contributed by atoms with Gasteiger partial charge in [-0.15, -0.1) is 0 Å². The van der Waals surface area contributed by atoms with Crippen molar-refractivity contribution in [2.75, 3.05) is 7.05 Å². The van der Waals surface area contributed by atoms with Crippen LogP contribution in [0.2, 0.25) is 0 Å². The maximum Gasteiger partial charge on any atom is 0.278 e. The molecule has 0 N–H and O–H groups in total. The number of carbonyl (C=O) groups is 1. The van der Waals surface area contributed by atoms with Gasteiger partial charge in [0, 0.05) is 19.9 Å². The van der Waals surface area contributed by atoms with Crippen LogP contribution in [0.5, 0.6) is 0 Å². The SMILES string of the molecule is CCc1noc(-c2cccc3c2C(=O)N(C)Cc2c(-c4nc(CC)no4)ncn2-3)n1. The molecule has 0 unspecified atom stereocenters. The van der Waals surface area contributed by atoms with Crippen LogP contribution in [0.4, 0.5) is 0 Å². The van der Waals surface area contributed by atoms with Crippen LogP contribution in [0.25, 0.3) is 28.7 Å². The number of rotatable bonds is 4. The quantitative estimate of drug-likeness (QED) is 0.509. The lowest BCUT2D eigenvalue weighted by molar-refractivity contribution is 0.0788. The van der Waals surface area contributed by atoms with Crippen molar-refractivity contribution in [3.05, 3.63) is 47.4 Å². The van der Waals surface area contributed by atoms with E-state index >= 15 is 0 Å². The number of aryl methyl sites for hydroxylation is 2. The average Bonchev–Trinajstić information content (AvgIpc) is 3.50. The molecule has 3 aromatic heterocycles. The lowest BCUT2D eigenvalue weighted by Crippen LogP contribution is -2.25. The normalized spacial score (nSPS) is 13.3. The molecule has 0 atom stereocenters. The summed E-state index contributed by atoms with van der Waals surface area (Å²) in [4.78, 5) is 28.3. The molecule has 0 radical (unpaired) electrons. The lowest BCUT2D eigenvalue weighted by Gasteiger charge is -2.15. The Hall–Kier alpha value is -3.82. The third kappa shape index (κ3) is 2.71. The number of hydrogen-bond donors (Lipinski definition) is 0. The molecule has 1 aliphatic rings. The molecule has 0 saturated heterocycles. The zero-order valence-electron chi connectivity index (χ0n) is 16.8. The van der Waals surface area contributed by atoms with E-state index in [1.54, 1.807) is 18.3 Å². The Morgan fingerprint density at radius 2 is 1.73 bits per heavy atom. The topological polar surface area (TPSA) is 116 Å². The molecular formula is C20H19N7O3. The van der Waals surface area contributed by atoms with Crippen LogP contribution in [0.15, 0.2) is 33.6 Å². The van der Waals surface area contributed by atoms with E-state index < -0.39 is 0 Å². The fraction of sp³-hybridized carbons (Fsp3) is 0.300. The minimum absolute atomic E-state index is 0.147. The van der Waals surface area contributed by atoms with Gasteiger partial charge in [0.25, 0.3) is 17.7 Å². The van der Waals surface area contributed by atoms with Crippen molar-refractivity contribution in [2.24, 2.45) is 0 Å². The van der Waals surface area contributed by atoms with Gasteiger partial charge in [-0.25, -0.2) is 4.98 Å². The van der Waals surface area contributed by atoms with Gasteiger partial charge in [-0.1, -0.05) is 30.2 Å². The van der Waals surface area contributed by atoms with E-state index in [0.717, 1.165) is 5.69 Å². The Bertz CT molecular complexity index is 1250. The van der Waals surface area contributed by atoms with Crippen molar-refractivity contribution in [3.8, 4) is 28.7 Å². The van der Waals surface area contributed by atoms with E-state index in [0.29, 0.717) is 65.3 Å². The third-order valence-electron chi connectivity index (χ3n) is 5.12. The number of carbonyl (C=O) groups excluding carboxylic acids is 1. The van der Waals surface area contributed by atoms with Crippen LogP contribution in [0.1, 0.15) is 41.5 Å². The maximum absolute atomic E-state index is 13.3. The Morgan fingerprint density at radius 1 is 1.03 bits per heavy atom. The van der Waals surface area contributed by atoms with E-state index in [2.05, 4.69) is 25.3 Å². The average molecular weight is 405 g/mol. The first-order chi connectivity index (χ1) is 14.6. The van der Waals surface area contributed by atoms with Crippen molar-refractivity contribution in [1.29, 1.82) is 0 Å². The largest absolute Gasteiger partial charge is 0.336 e. The number of fused-ring (bicyclic) bond motifs is 3. The van der Waals surface area contributed by atoms with Gasteiger partial charge < -0.3 is 13.9 Å². The number of imidazole rings is 1.